The average Bonchev–Trinajstić information content (AvgIpc) is 2.02. The fourth-order valence-corrected chi connectivity index (χ4v) is 1.07. The molecule has 0 radical (unpaired) electrons. The van der Waals surface area contributed by atoms with Gasteiger partial charge in [0.25, 0.3) is 0 Å². The lowest BCUT2D eigenvalue weighted by molar-refractivity contribution is -0.114. The van der Waals surface area contributed by atoms with Crippen molar-refractivity contribution in [2.24, 2.45) is 0 Å². The molecular weight excluding hydrogens is 194 g/mol. The third-order valence-electron chi connectivity index (χ3n) is 2.24. The van der Waals surface area contributed by atoms with Crippen LogP contribution in [0.1, 0.15) is 40.5 Å². The van der Waals surface area contributed by atoms with Gasteiger partial charge in [0.15, 0.2) is 0 Å². The molecule has 0 spiro atoms. The number of rotatable bonds is 8. The molecule has 0 aromatic heterocycles. The third kappa shape index (κ3) is 7.08. The molecule has 0 aromatic carbocycles. The first-order chi connectivity index (χ1) is 6.83. The van der Waals surface area contributed by atoms with Crippen LogP contribution in [0.4, 0.5) is 0 Å². The van der Waals surface area contributed by atoms with Crippen molar-refractivity contribution in [2.75, 3.05) is 6.61 Å². The molecule has 0 atom stereocenters. The van der Waals surface area contributed by atoms with Gasteiger partial charge < -0.3 is 14.8 Å². The number of hydrogen-bond donors (Lipinski definition) is 1. The first-order valence-corrected chi connectivity index (χ1v) is 5.12. The van der Waals surface area contributed by atoms with Crippen LogP contribution in [0.25, 0.3) is 0 Å². The number of carbonyl (C=O) groups excluding carboxylic acids is 2. The molecule has 0 aliphatic carbocycles. The second kappa shape index (κ2) is 5.85. The summed E-state index contributed by atoms with van der Waals surface area (Å²) in [5.74, 6) is 0. The molecule has 15 heavy (non-hydrogen) atoms. The van der Waals surface area contributed by atoms with Crippen molar-refractivity contribution in [1.29, 1.82) is 0 Å². The van der Waals surface area contributed by atoms with E-state index in [-0.39, 0.29) is 5.54 Å². The van der Waals surface area contributed by atoms with Gasteiger partial charge in [-0.1, -0.05) is 0 Å². The van der Waals surface area contributed by atoms with Crippen LogP contribution >= 0.6 is 0 Å². The predicted octanol–water partition coefficient (Wildman–Crippen LogP) is 1.29. The molecule has 1 amide bonds. The van der Waals surface area contributed by atoms with E-state index in [9.17, 15) is 9.59 Å². The molecule has 0 fully saturated rings. The molecule has 0 unspecified atom stereocenters. The number of amides is 1. The summed E-state index contributed by atoms with van der Waals surface area (Å²) >= 11 is 0. The van der Waals surface area contributed by atoms with Crippen LogP contribution in [0.5, 0.6) is 0 Å². The highest BCUT2D eigenvalue weighted by Crippen LogP contribution is 2.15. The first kappa shape index (κ1) is 14.1. The molecule has 0 bridgehead atoms. The summed E-state index contributed by atoms with van der Waals surface area (Å²) in [6, 6.07) is 0. The summed E-state index contributed by atoms with van der Waals surface area (Å²) in [5, 5.41) is 2.71. The standard InChI is InChI=1S/C11H21NO3/c1-10(2,12-9-14)6-8-15-11(3,4)5-7-13/h7,9H,5-6,8H2,1-4H3,(H,12,14). The van der Waals surface area contributed by atoms with Crippen molar-refractivity contribution in [3.63, 3.8) is 0 Å². The SMILES string of the molecule is CC(C)(CCOC(C)(C)CC=O)NC=O. The van der Waals surface area contributed by atoms with E-state index in [1.807, 2.05) is 27.7 Å². The smallest absolute Gasteiger partial charge is 0.207 e. The molecule has 0 aromatic rings. The van der Waals surface area contributed by atoms with Gasteiger partial charge in [0, 0.05) is 18.6 Å². The Morgan fingerprint density at radius 2 is 1.80 bits per heavy atom. The summed E-state index contributed by atoms with van der Waals surface area (Å²) in [5.41, 5.74) is -0.683. The number of nitrogens with one attached hydrogen (secondary N) is 1. The maximum Gasteiger partial charge on any atom is 0.207 e. The van der Waals surface area contributed by atoms with Gasteiger partial charge in [-0.25, -0.2) is 0 Å². The number of hydrogen-bond acceptors (Lipinski definition) is 3. The van der Waals surface area contributed by atoms with E-state index in [0.29, 0.717) is 25.9 Å². The minimum atomic E-state index is -0.418. The maximum atomic E-state index is 10.3. The van der Waals surface area contributed by atoms with E-state index in [2.05, 4.69) is 5.32 Å². The monoisotopic (exact) mass is 215 g/mol. The minimum absolute atomic E-state index is 0.265. The van der Waals surface area contributed by atoms with Crippen LogP contribution in [0, 0.1) is 0 Å². The highest BCUT2D eigenvalue weighted by atomic mass is 16.5. The molecule has 1 N–H and O–H groups in total. The van der Waals surface area contributed by atoms with Gasteiger partial charge in [0.2, 0.25) is 6.41 Å². The molecule has 4 heteroatoms. The maximum absolute atomic E-state index is 10.3. The Kier molecular flexibility index (Phi) is 5.50. The lowest BCUT2D eigenvalue weighted by Gasteiger charge is -2.28. The summed E-state index contributed by atoms with van der Waals surface area (Å²) in [6.07, 6.45) is 2.65. The molecule has 0 saturated heterocycles. The molecule has 0 heterocycles. The van der Waals surface area contributed by atoms with Gasteiger partial charge in [-0.2, -0.15) is 0 Å². The highest BCUT2D eigenvalue weighted by molar-refractivity contribution is 5.51. The van der Waals surface area contributed by atoms with Crippen LogP contribution in [0.3, 0.4) is 0 Å². The Morgan fingerprint density at radius 3 is 2.27 bits per heavy atom. The summed E-state index contributed by atoms with van der Waals surface area (Å²) in [6.45, 7) is 8.13. The average molecular weight is 215 g/mol. The minimum Gasteiger partial charge on any atom is -0.375 e. The van der Waals surface area contributed by atoms with Gasteiger partial charge in [-0.05, 0) is 34.1 Å². The Balaban J connectivity index is 3.87. The number of ether oxygens (including phenoxy) is 1. The van der Waals surface area contributed by atoms with Gasteiger partial charge in [0.1, 0.15) is 6.29 Å². The Hall–Kier alpha value is -0.900. The summed E-state index contributed by atoms with van der Waals surface area (Å²) in [4.78, 5) is 20.6. The highest BCUT2D eigenvalue weighted by Gasteiger charge is 2.21. The van der Waals surface area contributed by atoms with Crippen LogP contribution in [0.2, 0.25) is 0 Å². The predicted molar refractivity (Wildman–Crippen MR) is 58.6 cm³/mol. The second-order valence-electron chi connectivity index (χ2n) is 4.88. The van der Waals surface area contributed by atoms with Crippen LogP contribution < -0.4 is 5.32 Å². The van der Waals surface area contributed by atoms with E-state index in [1.165, 1.54) is 0 Å². The summed E-state index contributed by atoms with van der Waals surface area (Å²) < 4.78 is 5.56. The fraction of sp³-hybridized carbons (Fsp3) is 0.818. The molecule has 4 nitrogen and oxygen atoms in total. The van der Waals surface area contributed by atoms with Gasteiger partial charge >= 0.3 is 0 Å². The van der Waals surface area contributed by atoms with Crippen molar-refractivity contribution >= 4 is 12.7 Å². The van der Waals surface area contributed by atoms with E-state index in [1.54, 1.807) is 0 Å². The van der Waals surface area contributed by atoms with Gasteiger partial charge in [-0.15, -0.1) is 0 Å². The fourth-order valence-electron chi connectivity index (χ4n) is 1.07. The van der Waals surface area contributed by atoms with Crippen molar-refractivity contribution < 1.29 is 14.3 Å². The zero-order chi connectivity index (χ0) is 11.9. The number of carbonyl (C=O) groups is 2. The normalized spacial score (nSPS) is 12.3. The summed E-state index contributed by atoms with van der Waals surface area (Å²) in [7, 11) is 0. The third-order valence-corrected chi connectivity index (χ3v) is 2.24. The molecular formula is C11H21NO3. The van der Waals surface area contributed by atoms with Crippen molar-refractivity contribution in [1.82, 2.24) is 5.32 Å². The molecule has 0 saturated carbocycles. The largest absolute Gasteiger partial charge is 0.375 e. The van der Waals surface area contributed by atoms with E-state index < -0.39 is 5.60 Å². The first-order valence-electron chi connectivity index (χ1n) is 5.12. The molecule has 0 rings (SSSR count). The topological polar surface area (TPSA) is 55.4 Å². The Labute approximate surface area is 91.4 Å². The van der Waals surface area contributed by atoms with E-state index >= 15 is 0 Å². The lowest BCUT2D eigenvalue weighted by Crippen LogP contribution is -2.40. The van der Waals surface area contributed by atoms with Crippen LogP contribution in [-0.2, 0) is 14.3 Å². The molecule has 0 aliphatic rings. The van der Waals surface area contributed by atoms with Crippen molar-refractivity contribution in [3.05, 3.63) is 0 Å². The van der Waals surface area contributed by atoms with E-state index in [4.69, 9.17) is 4.74 Å². The van der Waals surface area contributed by atoms with Gasteiger partial charge in [-0.3, -0.25) is 4.79 Å². The zero-order valence-corrected chi connectivity index (χ0v) is 10.0. The lowest BCUT2D eigenvalue weighted by atomic mass is 10.0. The second-order valence-corrected chi connectivity index (χ2v) is 4.88. The Bertz CT molecular complexity index is 190. The number of aldehydes is 1. The molecule has 88 valence electrons. The quantitative estimate of drug-likeness (QED) is 0.621. The Morgan fingerprint density at radius 1 is 1.20 bits per heavy atom. The van der Waals surface area contributed by atoms with Crippen molar-refractivity contribution in [2.45, 2.75) is 51.7 Å². The van der Waals surface area contributed by atoms with Gasteiger partial charge in [0.05, 0.1) is 5.60 Å². The zero-order valence-electron chi connectivity index (χ0n) is 10.0. The molecule has 0 aliphatic heterocycles. The van der Waals surface area contributed by atoms with Crippen LogP contribution in [0.15, 0.2) is 0 Å². The van der Waals surface area contributed by atoms with Crippen LogP contribution in [-0.4, -0.2) is 30.4 Å². The van der Waals surface area contributed by atoms with E-state index in [0.717, 1.165) is 6.29 Å². The van der Waals surface area contributed by atoms with Crippen molar-refractivity contribution in [3.8, 4) is 0 Å².